The van der Waals surface area contributed by atoms with Crippen molar-refractivity contribution in [2.75, 3.05) is 0 Å². The van der Waals surface area contributed by atoms with Crippen LogP contribution in [0, 0.1) is 17.8 Å². The fourth-order valence-electron chi connectivity index (χ4n) is 5.23. The molecule has 0 unspecified atom stereocenters. The minimum absolute atomic E-state index is 0.166. The largest absolute Gasteiger partial charge is 0.331 e. The molecule has 3 fully saturated rings. The third-order valence-corrected chi connectivity index (χ3v) is 6.69. The SMILES string of the molecule is O=C(N/N=C\[C@@H]1C(=O)NC(=O)N([C@@H]2C[C@H]3CC[C@H]2C3)C1=O)c1cccc2ccccc12. The molecule has 1 heterocycles. The van der Waals surface area contributed by atoms with Gasteiger partial charge in [-0.05, 0) is 47.9 Å². The van der Waals surface area contributed by atoms with E-state index >= 15 is 0 Å². The first-order valence-corrected chi connectivity index (χ1v) is 10.5. The van der Waals surface area contributed by atoms with Gasteiger partial charge in [-0.15, -0.1) is 0 Å². The van der Waals surface area contributed by atoms with Gasteiger partial charge in [-0.25, -0.2) is 10.2 Å². The van der Waals surface area contributed by atoms with Crippen molar-refractivity contribution in [2.45, 2.75) is 31.7 Å². The molecule has 8 nitrogen and oxygen atoms in total. The van der Waals surface area contributed by atoms with E-state index in [0.29, 0.717) is 17.4 Å². The van der Waals surface area contributed by atoms with Gasteiger partial charge in [-0.3, -0.25) is 24.6 Å². The zero-order chi connectivity index (χ0) is 21.5. The number of nitrogens with one attached hydrogen (secondary N) is 2. The summed E-state index contributed by atoms with van der Waals surface area (Å²) in [5, 5.41) is 7.83. The van der Waals surface area contributed by atoms with E-state index in [4.69, 9.17) is 0 Å². The van der Waals surface area contributed by atoms with Crippen molar-refractivity contribution in [3.05, 3.63) is 48.0 Å². The molecule has 3 aliphatic rings. The van der Waals surface area contributed by atoms with Crippen molar-refractivity contribution in [1.82, 2.24) is 15.6 Å². The number of rotatable bonds is 4. The molecule has 2 aromatic carbocycles. The third kappa shape index (κ3) is 3.37. The van der Waals surface area contributed by atoms with E-state index in [9.17, 15) is 19.2 Å². The molecular weight excluding hydrogens is 396 g/mol. The van der Waals surface area contributed by atoms with E-state index in [1.54, 1.807) is 12.1 Å². The Morgan fingerprint density at radius 3 is 2.65 bits per heavy atom. The van der Waals surface area contributed by atoms with Crippen molar-refractivity contribution in [3.63, 3.8) is 0 Å². The summed E-state index contributed by atoms with van der Waals surface area (Å²) in [4.78, 5) is 51.4. The van der Waals surface area contributed by atoms with Gasteiger partial charge in [0.1, 0.15) is 0 Å². The van der Waals surface area contributed by atoms with Gasteiger partial charge in [0, 0.05) is 17.8 Å². The Morgan fingerprint density at radius 2 is 1.87 bits per heavy atom. The summed E-state index contributed by atoms with van der Waals surface area (Å²) in [5.74, 6) is -2.15. The van der Waals surface area contributed by atoms with Crippen LogP contribution in [-0.4, -0.2) is 40.9 Å². The number of barbiturate groups is 1. The number of nitrogens with zero attached hydrogens (tertiary/aromatic N) is 2. The highest BCUT2D eigenvalue weighted by atomic mass is 16.2. The van der Waals surface area contributed by atoms with Gasteiger partial charge < -0.3 is 0 Å². The molecule has 8 heteroatoms. The zero-order valence-electron chi connectivity index (χ0n) is 16.8. The van der Waals surface area contributed by atoms with Crippen molar-refractivity contribution in [1.29, 1.82) is 0 Å². The Labute approximate surface area is 178 Å². The minimum atomic E-state index is -1.25. The number of carbonyl (C=O) groups excluding carboxylic acids is 4. The summed E-state index contributed by atoms with van der Waals surface area (Å²) < 4.78 is 0. The molecule has 2 N–H and O–H groups in total. The monoisotopic (exact) mass is 418 g/mol. The first kappa shape index (κ1) is 19.4. The molecule has 1 aliphatic heterocycles. The van der Waals surface area contributed by atoms with Crippen LogP contribution in [0.3, 0.4) is 0 Å². The molecule has 5 amide bonds. The summed E-state index contributed by atoms with van der Waals surface area (Å²) in [7, 11) is 0. The summed E-state index contributed by atoms with van der Waals surface area (Å²) in [6.07, 6.45) is 5.05. The lowest BCUT2D eigenvalue weighted by atomic mass is 9.92. The molecular formula is C23H22N4O4. The molecule has 4 atom stereocenters. The van der Waals surface area contributed by atoms with Crippen LogP contribution in [0.25, 0.3) is 10.8 Å². The van der Waals surface area contributed by atoms with Crippen molar-refractivity contribution >= 4 is 40.7 Å². The van der Waals surface area contributed by atoms with E-state index in [1.165, 1.54) is 4.90 Å². The van der Waals surface area contributed by atoms with E-state index in [0.717, 1.165) is 42.7 Å². The highest BCUT2D eigenvalue weighted by molar-refractivity contribution is 6.23. The molecule has 0 radical (unpaired) electrons. The van der Waals surface area contributed by atoms with Crippen molar-refractivity contribution in [2.24, 2.45) is 22.9 Å². The molecule has 0 spiro atoms. The second-order valence-corrected chi connectivity index (χ2v) is 8.47. The first-order chi connectivity index (χ1) is 15.0. The van der Waals surface area contributed by atoms with Gasteiger partial charge in [-0.2, -0.15) is 5.10 Å². The molecule has 5 rings (SSSR count). The smallest absolute Gasteiger partial charge is 0.277 e. The molecule has 1 saturated heterocycles. The quantitative estimate of drug-likeness (QED) is 0.452. The van der Waals surface area contributed by atoms with Gasteiger partial charge >= 0.3 is 6.03 Å². The predicted octanol–water partition coefficient (Wildman–Crippen LogP) is 2.44. The van der Waals surface area contributed by atoms with Crippen molar-refractivity contribution < 1.29 is 19.2 Å². The average Bonchev–Trinajstić information content (AvgIpc) is 3.39. The Balaban J connectivity index is 1.31. The maximum absolute atomic E-state index is 13.0. The lowest BCUT2D eigenvalue weighted by Gasteiger charge is -2.36. The number of amides is 5. The van der Waals surface area contributed by atoms with Crippen LogP contribution in [-0.2, 0) is 9.59 Å². The maximum Gasteiger partial charge on any atom is 0.331 e. The molecule has 31 heavy (non-hydrogen) atoms. The van der Waals surface area contributed by atoms with Crippen LogP contribution in [0.2, 0.25) is 0 Å². The lowest BCUT2D eigenvalue weighted by molar-refractivity contribution is -0.141. The molecule has 2 aliphatic carbocycles. The van der Waals surface area contributed by atoms with Gasteiger partial charge in [-0.1, -0.05) is 42.8 Å². The second-order valence-electron chi connectivity index (χ2n) is 8.47. The summed E-state index contributed by atoms with van der Waals surface area (Å²) in [6.45, 7) is 0. The molecule has 0 aromatic heterocycles. The minimum Gasteiger partial charge on any atom is -0.277 e. The normalized spacial score (nSPS) is 27.9. The topological polar surface area (TPSA) is 108 Å². The van der Waals surface area contributed by atoms with Crippen LogP contribution >= 0.6 is 0 Å². The Hall–Kier alpha value is -3.55. The van der Waals surface area contributed by atoms with Gasteiger partial charge in [0.15, 0.2) is 5.92 Å². The fourth-order valence-corrected chi connectivity index (χ4v) is 5.23. The van der Waals surface area contributed by atoms with Gasteiger partial charge in [0.25, 0.3) is 5.91 Å². The molecule has 2 saturated carbocycles. The van der Waals surface area contributed by atoms with E-state index in [2.05, 4.69) is 15.8 Å². The first-order valence-electron chi connectivity index (χ1n) is 10.5. The molecule has 2 aromatic rings. The number of imide groups is 2. The highest BCUT2D eigenvalue weighted by Gasteiger charge is 2.50. The van der Waals surface area contributed by atoms with Crippen LogP contribution in [0.5, 0.6) is 0 Å². The fraction of sp³-hybridized carbons (Fsp3) is 0.348. The number of benzene rings is 2. The number of carbonyl (C=O) groups is 4. The summed E-state index contributed by atoms with van der Waals surface area (Å²) >= 11 is 0. The van der Waals surface area contributed by atoms with Crippen LogP contribution in [0.15, 0.2) is 47.6 Å². The molecule has 2 bridgehead atoms. The van der Waals surface area contributed by atoms with Crippen molar-refractivity contribution in [3.8, 4) is 0 Å². The number of hydrogen-bond donors (Lipinski definition) is 2. The highest BCUT2D eigenvalue weighted by Crippen LogP contribution is 2.47. The second kappa shape index (κ2) is 7.61. The van der Waals surface area contributed by atoms with Crippen LogP contribution in [0.1, 0.15) is 36.0 Å². The number of hydrazone groups is 1. The van der Waals surface area contributed by atoms with E-state index in [-0.39, 0.29) is 6.04 Å². The number of fused-ring (bicyclic) bond motifs is 3. The van der Waals surface area contributed by atoms with E-state index in [1.807, 2.05) is 30.3 Å². The van der Waals surface area contributed by atoms with Crippen LogP contribution in [0.4, 0.5) is 4.79 Å². The van der Waals surface area contributed by atoms with Gasteiger partial charge in [0.05, 0.1) is 0 Å². The Kier molecular flexibility index (Phi) is 4.77. The third-order valence-electron chi connectivity index (χ3n) is 6.69. The standard InChI is InChI=1S/C23H22N4O4/c28-20-18(22(30)27(23(31)25-20)19-11-13-8-9-15(19)10-13)12-24-26-21(29)17-7-3-5-14-4-1-2-6-16(14)17/h1-7,12-13,15,18-19H,8-11H2,(H,26,29)(H,25,28,31)/b24-12-/t13-,15-,18+,19+/m0/s1. The average molecular weight is 418 g/mol. The predicted molar refractivity (Wildman–Crippen MR) is 113 cm³/mol. The zero-order valence-corrected chi connectivity index (χ0v) is 16.8. The maximum atomic E-state index is 13.0. The Morgan fingerprint density at radius 1 is 1.06 bits per heavy atom. The summed E-state index contributed by atoms with van der Waals surface area (Å²) in [6, 6.07) is 12.0. The van der Waals surface area contributed by atoms with Gasteiger partial charge in [0.2, 0.25) is 11.8 Å². The number of hydrogen-bond acceptors (Lipinski definition) is 5. The van der Waals surface area contributed by atoms with Crippen LogP contribution < -0.4 is 10.7 Å². The molecule has 158 valence electrons. The Bertz CT molecular complexity index is 1120. The van der Waals surface area contributed by atoms with E-state index < -0.39 is 29.7 Å². The summed E-state index contributed by atoms with van der Waals surface area (Å²) in [5.41, 5.74) is 2.84. The number of urea groups is 1. The lowest BCUT2D eigenvalue weighted by Crippen LogP contribution is -2.62.